The molecule has 0 heterocycles. The lowest BCUT2D eigenvalue weighted by atomic mass is 9.95. The lowest BCUT2D eigenvalue weighted by Crippen LogP contribution is -2.23. The van der Waals surface area contributed by atoms with Crippen LogP contribution >= 0.6 is 0 Å². The van der Waals surface area contributed by atoms with Gasteiger partial charge < -0.3 is 25.2 Å². The molecule has 2 aromatic rings. The molecule has 0 aliphatic heterocycles. The number of benzene rings is 2. The maximum Gasteiger partial charge on any atom is 0.123 e. The van der Waals surface area contributed by atoms with Crippen LogP contribution in [0.5, 0.6) is 11.5 Å². The Balaban J connectivity index is 2.49. The van der Waals surface area contributed by atoms with Crippen LogP contribution in [0.2, 0.25) is 0 Å². The van der Waals surface area contributed by atoms with Gasteiger partial charge in [0.25, 0.3) is 0 Å². The van der Waals surface area contributed by atoms with E-state index in [1.54, 1.807) is 36.4 Å². The molecule has 0 saturated heterocycles. The summed E-state index contributed by atoms with van der Waals surface area (Å²) in [6.45, 7) is 3.23. The molecule has 0 aliphatic carbocycles. The molecule has 2 rings (SSSR count). The van der Waals surface area contributed by atoms with Gasteiger partial charge in [0, 0.05) is 12.7 Å². The number of aliphatic hydroxyl groups is 2. The molecule has 2 aromatic carbocycles. The Labute approximate surface area is 141 Å². The number of aliphatic hydroxyl groups excluding tert-OH is 2. The summed E-state index contributed by atoms with van der Waals surface area (Å²) >= 11 is 0. The van der Waals surface area contributed by atoms with Crippen molar-refractivity contribution in [2.24, 2.45) is 0 Å². The first kappa shape index (κ1) is 18.0. The Morgan fingerprint density at radius 1 is 1.12 bits per heavy atom. The van der Waals surface area contributed by atoms with Gasteiger partial charge in [-0.3, -0.25) is 0 Å². The van der Waals surface area contributed by atoms with Crippen LogP contribution in [-0.4, -0.2) is 40.2 Å². The van der Waals surface area contributed by atoms with Gasteiger partial charge in [0.05, 0.1) is 6.61 Å². The minimum Gasteiger partial charge on any atom is -0.508 e. The average molecular weight is 330 g/mol. The van der Waals surface area contributed by atoms with E-state index in [9.17, 15) is 15.3 Å². The summed E-state index contributed by atoms with van der Waals surface area (Å²) in [5, 5.41) is 39.1. The van der Waals surface area contributed by atoms with Crippen LogP contribution in [-0.2, 0) is 11.2 Å². The van der Waals surface area contributed by atoms with E-state index in [0.717, 1.165) is 5.56 Å². The van der Waals surface area contributed by atoms with Crippen LogP contribution in [0.3, 0.4) is 0 Å². The summed E-state index contributed by atoms with van der Waals surface area (Å²) in [6.07, 6.45) is 0.417. The summed E-state index contributed by atoms with van der Waals surface area (Å²) in [5.41, 5.74) is 2.60. The fourth-order valence-electron chi connectivity index (χ4n) is 2.64. The topological polar surface area (TPSA) is 90.2 Å². The van der Waals surface area contributed by atoms with E-state index in [2.05, 4.69) is 6.58 Å². The SMILES string of the molecule is C=CCc1cc(-c2cc(C(OC)C(O)CO)ccc2O)ccc1O. The highest BCUT2D eigenvalue weighted by Crippen LogP contribution is 2.35. The Bertz CT molecular complexity index is 711. The van der Waals surface area contributed by atoms with Crippen LogP contribution in [0.15, 0.2) is 49.1 Å². The highest BCUT2D eigenvalue weighted by atomic mass is 16.5. The Morgan fingerprint density at radius 3 is 2.46 bits per heavy atom. The number of phenolic OH excluding ortho intramolecular Hbond substituents is 2. The summed E-state index contributed by atoms with van der Waals surface area (Å²) in [4.78, 5) is 0. The lowest BCUT2D eigenvalue weighted by molar-refractivity contribution is -0.0392. The quantitative estimate of drug-likeness (QED) is 0.586. The number of aromatic hydroxyl groups is 2. The smallest absolute Gasteiger partial charge is 0.123 e. The first-order chi connectivity index (χ1) is 11.5. The second-order valence-electron chi connectivity index (χ2n) is 5.52. The maximum atomic E-state index is 10.2. The van der Waals surface area contributed by atoms with E-state index in [0.29, 0.717) is 23.1 Å². The van der Waals surface area contributed by atoms with Crippen LogP contribution < -0.4 is 0 Å². The molecule has 2 unspecified atom stereocenters. The van der Waals surface area contributed by atoms with E-state index in [4.69, 9.17) is 9.84 Å². The molecule has 0 aromatic heterocycles. The van der Waals surface area contributed by atoms with Gasteiger partial charge in [-0.2, -0.15) is 0 Å². The number of hydrogen-bond acceptors (Lipinski definition) is 5. The van der Waals surface area contributed by atoms with E-state index in [1.807, 2.05) is 0 Å². The van der Waals surface area contributed by atoms with Gasteiger partial charge in [0.2, 0.25) is 0 Å². The van der Waals surface area contributed by atoms with Crippen LogP contribution in [0, 0.1) is 0 Å². The first-order valence-electron chi connectivity index (χ1n) is 7.59. The summed E-state index contributed by atoms with van der Waals surface area (Å²) < 4.78 is 5.26. The van der Waals surface area contributed by atoms with Gasteiger partial charge in [-0.15, -0.1) is 6.58 Å². The fourth-order valence-corrected chi connectivity index (χ4v) is 2.64. The Kier molecular flexibility index (Phi) is 5.98. The molecule has 0 fully saturated rings. The van der Waals surface area contributed by atoms with Crippen molar-refractivity contribution in [3.05, 3.63) is 60.2 Å². The largest absolute Gasteiger partial charge is 0.508 e. The number of methoxy groups -OCH3 is 1. The fraction of sp³-hybridized carbons (Fsp3) is 0.263. The molecule has 5 heteroatoms. The summed E-state index contributed by atoms with van der Waals surface area (Å²) in [5.74, 6) is 0.238. The molecule has 128 valence electrons. The second-order valence-corrected chi connectivity index (χ2v) is 5.52. The van der Waals surface area contributed by atoms with Gasteiger partial charge in [0.15, 0.2) is 0 Å². The van der Waals surface area contributed by atoms with Crippen LogP contribution in [0.1, 0.15) is 17.2 Å². The molecule has 0 spiro atoms. The van der Waals surface area contributed by atoms with Gasteiger partial charge in [-0.1, -0.05) is 18.2 Å². The first-order valence-corrected chi connectivity index (χ1v) is 7.59. The van der Waals surface area contributed by atoms with Crippen molar-refractivity contribution in [2.75, 3.05) is 13.7 Å². The van der Waals surface area contributed by atoms with Gasteiger partial charge in [-0.25, -0.2) is 0 Å². The third-order valence-electron chi connectivity index (χ3n) is 3.89. The van der Waals surface area contributed by atoms with E-state index in [-0.39, 0.29) is 11.5 Å². The standard InChI is InChI=1S/C19H22O5/c1-3-4-13-9-12(5-7-16(13)21)15-10-14(6-8-17(15)22)19(24-2)18(23)11-20/h3,5-10,18-23H,1,4,11H2,2H3. The van der Waals surface area contributed by atoms with E-state index >= 15 is 0 Å². The second kappa shape index (κ2) is 7.97. The van der Waals surface area contributed by atoms with Gasteiger partial charge in [0.1, 0.15) is 23.7 Å². The maximum absolute atomic E-state index is 10.2. The Morgan fingerprint density at radius 2 is 1.83 bits per heavy atom. The predicted octanol–water partition coefficient (Wildman–Crippen LogP) is 2.53. The summed E-state index contributed by atoms with van der Waals surface area (Å²) in [6, 6.07) is 9.89. The summed E-state index contributed by atoms with van der Waals surface area (Å²) in [7, 11) is 1.44. The monoisotopic (exact) mass is 330 g/mol. The molecule has 0 saturated carbocycles. The predicted molar refractivity (Wildman–Crippen MR) is 92.0 cm³/mol. The zero-order chi connectivity index (χ0) is 17.7. The van der Waals surface area contributed by atoms with Gasteiger partial charge in [-0.05, 0) is 47.4 Å². The molecule has 0 amide bonds. The molecular weight excluding hydrogens is 308 g/mol. The Hall–Kier alpha value is -2.34. The van der Waals surface area contributed by atoms with Crippen molar-refractivity contribution in [1.29, 1.82) is 0 Å². The number of phenols is 2. The molecule has 0 radical (unpaired) electrons. The van der Waals surface area contributed by atoms with Crippen LogP contribution in [0.4, 0.5) is 0 Å². The molecule has 5 nitrogen and oxygen atoms in total. The van der Waals surface area contributed by atoms with E-state index in [1.165, 1.54) is 13.2 Å². The van der Waals surface area contributed by atoms with Crippen molar-refractivity contribution in [3.63, 3.8) is 0 Å². The number of ether oxygens (including phenoxy) is 1. The molecule has 24 heavy (non-hydrogen) atoms. The lowest BCUT2D eigenvalue weighted by Gasteiger charge is -2.21. The third kappa shape index (κ3) is 3.76. The molecule has 2 atom stereocenters. The number of rotatable bonds is 7. The van der Waals surface area contributed by atoms with Crippen molar-refractivity contribution < 1.29 is 25.2 Å². The molecular formula is C19H22O5. The van der Waals surface area contributed by atoms with Crippen molar-refractivity contribution in [3.8, 4) is 22.6 Å². The van der Waals surface area contributed by atoms with E-state index < -0.39 is 18.8 Å². The molecule has 4 N–H and O–H groups in total. The van der Waals surface area contributed by atoms with Crippen molar-refractivity contribution in [1.82, 2.24) is 0 Å². The minimum absolute atomic E-state index is 0.0716. The number of allylic oxidation sites excluding steroid dienone is 1. The number of hydrogen-bond donors (Lipinski definition) is 4. The zero-order valence-electron chi connectivity index (χ0n) is 13.5. The highest BCUT2D eigenvalue weighted by Gasteiger charge is 2.21. The molecule has 0 aliphatic rings. The zero-order valence-corrected chi connectivity index (χ0v) is 13.5. The van der Waals surface area contributed by atoms with Gasteiger partial charge >= 0.3 is 0 Å². The van der Waals surface area contributed by atoms with Crippen molar-refractivity contribution in [2.45, 2.75) is 18.6 Å². The van der Waals surface area contributed by atoms with Crippen LogP contribution in [0.25, 0.3) is 11.1 Å². The highest BCUT2D eigenvalue weighted by molar-refractivity contribution is 5.72. The van der Waals surface area contributed by atoms with Crippen molar-refractivity contribution >= 4 is 0 Å². The third-order valence-corrected chi connectivity index (χ3v) is 3.89. The average Bonchev–Trinajstić information content (AvgIpc) is 2.59. The normalized spacial score (nSPS) is 13.5. The molecule has 0 bridgehead atoms. The minimum atomic E-state index is -1.07.